The van der Waals surface area contributed by atoms with E-state index in [0.29, 0.717) is 5.92 Å². The van der Waals surface area contributed by atoms with Crippen molar-refractivity contribution in [3.63, 3.8) is 0 Å². The molecule has 0 saturated carbocycles. The lowest BCUT2D eigenvalue weighted by atomic mass is 9.99. The van der Waals surface area contributed by atoms with E-state index in [1.165, 1.54) is 16.5 Å². The molecule has 0 fully saturated rings. The first-order valence-corrected chi connectivity index (χ1v) is 5.79. The van der Waals surface area contributed by atoms with Crippen LogP contribution in [-0.2, 0) is 0 Å². The highest BCUT2D eigenvalue weighted by Crippen LogP contribution is 2.31. The quantitative estimate of drug-likeness (QED) is 0.829. The third-order valence-corrected chi connectivity index (χ3v) is 3.02. The average molecular weight is 217 g/mol. The molecular weight excluding hydrogens is 198 g/mol. The molecular formula is C14H19NO. The lowest BCUT2D eigenvalue weighted by Gasteiger charge is -2.07. The van der Waals surface area contributed by atoms with Crippen LogP contribution >= 0.6 is 0 Å². The molecule has 0 aliphatic heterocycles. The van der Waals surface area contributed by atoms with E-state index in [-0.39, 0.29) is 6.04 Å². The minimum atomic E-state index is -0.0492. The number of nitrogens with two attached hydrogens (primary N) is 1. The van der Waals surface area contributed by atoms with Crippen molar-refractivity contribution in [2.24, 2.45) is 5.73 Å². The summed E-state index contributed by atoms with van der Waals surface area (Å²) in [4.78, 5) is 0. The summed E-state index contributed by atoms with van der Waals surface area (Å²) in [6.07, 6.45) is 0. The predicted octanol–water partition coefficient (Wildman–Crippen LogP) is 3.88. The van der Waals surface area contributed by atoms with Crippen LogP contribution in [0, 0.1) is 6.92 Å². The second-order valence-electron chi connectivity index (χ2n) is 4.81. The van der Waals surface area contributed by atoms with Crippen LogP contribution in [-0.4, -0.2) is 0 Å². The molecule has 0 spiro atoms. The SMILES string of the molecule is Cc1ccc(C(C)C)c2oc(C(C)N)cc12. The Morgan fingerprint density at radius 3 is 2.44 bits per heavy atom. The molecule has 1 heterocycles. The van der Waals surface area contributed by atoms with Gasteiger partial charge >= 0.3 is 0 Å². The maximum absolute atomic E-state index is 5.88. The van der Waals surface area contributed by atoms with E-state index in [1.54, 1.807) is 0 Å². The summed E-state index contributed by atoms with van der Waals surface area (Å²) in [5, 5.41) is 1.19. The molecule has 0 radical (unpaired) electrons. The third kappa shape index (κ3) is 1.74. The normalized spacial score (nSPS) is 13.6. The highest BCUT2D eigenvalue weighted by atomic mass is 16.3. The van der Waals surface area contributed by atoms with Crippen LogP contribution < -0.4 is 5.73 Å². The highest BCUT2D eigenvalue weighted by molar-refractivity contribution is 5.85. The molecule has 2 rings (SSSR count). The Balaban J connectivity index is 2.72. The molecule has 0 bridgehead atoms. The Kier molecular flexibility index (Phi) is 2.76. The molecule has 0 aliphatic carbocycles. The van der Waals surface area contributed by atoms with Gasteiger partial charge in [0.1, 0.15) is 11.3 Å². The standard InChI is InChI=1S/C14H19NO/c1-8(2)11-6-5-9(3)12-7-13(10(4)15)16-14(11)12/h5-8,10H,15H2,1-4H3. The van der Waals surface area contributed by atoms with Gasteiger partial charge in [0, 0.05) is 5.39 Å². The van der Waals surface area contributed by atoms with Crippen LogP contribution in [0.3, 0.4) is 0 Å². The van der Waals surface area contributed by atoms with Crippen molar-refractivity contribution in [2.45, 2.75) is 39.7 Å². The van der Waals surface area contributed by atoms with Crippen molar-refractivity contribution in [2.75, 3.05) is 0 Å². The number of benzene rings is 1. The van der Waals surface area contributed by atoms with Gasteiger partial charge in [0.05, 0.1) is 6.04 Å². The summed E-state index contributed by atoms with van der Waals surface area (Å²) >= 11 is 0. The van der Waals surface area contributed by atoms with Crippen molar-refractivity contribution in [1.82, 2.24) is 0 Å². The molecule has 86 valence electrons. The second kappa shape index (κ2) is 3.95. The monoisotopic (exact) mass is 217 g/mol. The summed E-state index contributed by atoms with van der Waals surface area (Å²) in [6.45, 7) is 8.41. The Morgan fingerprint density at radius 2 is 1.88 bits per heavy atom. The van der Waals surface area contributed by atoms with Gasteiger partial charge in [0.2, 0.25) is 0 Å². The van der Waals surface area contributed by atoms with Crippen molar-refractivity contribution >= 4 is 11.0 Å². The van der Waals surface area contributed by atoms with Gasteiger partial charge in [0.15, 0.2) is 0 Å². The van der Waals surface area contributed by atoms with E-state index in [0.717, 1.165) is 11.3 Å². The first-order chi connectivity index (χ1) is 7.50. The second-order valence-corrected chi connectivity index (χ2v) is 4.81. The molecule has 1 aromatic heterocycles. The molecule has 1 aromatic carbocycles. The van der Waals surface area contributed by atoms with Gasteiger partial charge < -0.3 is 10.2 Å². The number of furan rings is 1. The summed E-state index contributed by atoms with van der Waals surface area (Å²) in [5.41, 5.74) is 9.36. The van der Waals surface area contributed by atoms with E-state index < -0.39 is 0 Å². The van der Waals surface area contributed by atoms with Crippen LogP contribution in [0.2, 0.25) is 0 Å². The van der Waals surface area contributed by atoms with E-state index in [4.69, 9.17) is 10.2 Å². The van der Waals surface area contributed by atoms with Gasteiger partial charge in [-0.25, -0.2) is 0 Å². The first kappa shape index (κ1) is 11.2. The van der Waals surface area contributed by atoms with Gasteiger partial charge in [-0.15, -0.1) is 0 Å². The van der Waals surface area contributed by atoms with Crippen LogP contribution in [0.4, 0.5) is 0 Å². The Hall–Kier alpha value is -1.28. The first-order valence-electron chi connectivity index (χ1n) is 5.79. The lowest BCUT2D eigenvalue weighted by molar-refractivity contribution is 0.509. The molecule has 2 heteroatoms. The number of hydrogen-bond acceptors (Lipinski definition) is 2. The summed E-state index contributed by atoms with van der Waals surface area (Å²) in [7, 11) is 0. The molecule has 2 nitrogen and oxygen atoms in total. The zero-order valence-corrected chi connectivity index (χ0v) is 10.4. The van der Waals surface area contributed by atoms with Crippen molar-refractivity contribution in [3.05, 3.63) is 35.1 Å². The molecule has 0 saturated heterocycles. The molecule has 16 heavy (non-hydrogen) atoms. The molecule has 2 N–H and O–H groups in total. The van der Waals surface area contributed by atoms with Gasteiger partial charge in [-0.2, -0.15) is 0 Å². The lowest BCUT2D eigenvalue weighted by Crippen LogP contribution is -2.02. The fourth-order valence-corrected chi connectivity index (χ4v) is 1.98. The number of fused-ring (bicyclic) bond motifs is 1. The van der Waals surface area contributed by atoms with Gasteiger partial charge in [0.25, 0.3) is 0 Å². The summed E-state index contributed by atoms with van der Waals surface area (Å²) in [6, 6.07) is 6.32. The van der Waals surface area contributed by atoms with Crippen molar-refractivity contribution < 1.29 is 4.42 Å². The Bertz CT molecular complexity index is 509. The fourth-order valence-electron chi connectivity index (χ4n) is 1.98. The van der Waals surface area contributed by atoms with E-state index in [9.17, 15) is 0 Å². The highest BCUT2D eigenvalue weighted by Gasteiger charge is 2.14. The number of rotatable bonds is 2. The molecule has 1 unspecified atom stereocenters. The molecule has 2 aromatic rings. The minimum absolute atomic E-state index is 0.0492. The van der Waals surface area contributed by atoms with Crippen LogP contribution in [0.5, 0.6) is 0 Å². The predicted molar refractivity (Wildman–Crippen MR) is 67.6 cm³/mol. The van der Waals surface area contributed by atoms with Crippen molar-refractivity contribution in [3.8, 4) is 0 Å². The molecule has 0 aliphatic rings. The Morgan fingerprint density at radius 1 is 1.19 bits per heavy atom. The third-order valence-electron chi connectivity index (χ3n) is 3.02. The topological polar surface area (TPSA) is 39.2 Å². The fraction of sp³-hybridized carbons (Fsp3) is 0.429. The largest absolute Gasteiger partial charge is 0.459 e. The average Bonchev–Trinajstić information content (AvgIpc) is 2.62. The smallest absolute Gasteiger partial charge is 0.138 e. The van der Waals surface area contributed by atoms with Crippen molar-refractivity contribution in [1.29, 1.82) is 0 Å². The van der Waals surface area contributed by atoms with Gasteiger partial charge in [-0.05, 0) is 37.0 Å². The minimum Gasteiger partial charge on any atom is -0.459 e. The van der Waals surface area contributed by atoms with E-state index in [1.807, 2.05) is 6.92 Å². The zero-order valence-electron chi connectivity index (χ0n) is 10.4. The van der Waals surface area contributed by atoms with Gasteiger partial charge in [-0.3, -0.25) is 0 Å². The van der Waals surface area contributed by atoms with E-state index in [2.05, 4.69) is 39.0 Å². The van der Waals surface area contributed by atoms with Gasteiger partial charge in [-0.1, -0.05) is 26.0 Å². The van der Waals surface area contributed by atoms with E-state index >= 15 is 0 Å². The molecule has 0 amide bonds. The number of aryl methyl sites for hydroxylation is 1. The van der Waals surface area contributed by atoms with Crippen LogP contribution in [0.1, 0.15) is 49.6 Å². The molecule has 1 atom stereocenters. The maximum Gasteiger partial charge on any atom is 0.138 e. The summed E-state index contributed by atoms with van der Waals surface area (Å²) < 4.78 is 5.88. The maximum atomic E-state index is 5.88. The van der Waals surface area contributed by atoms with Crippen LogP contribution in [0.15, 0.2) is 22.6 Å². The van der Waals surface area contributed by atoms with Crippen LogP contribution in [0.25, 0.3) is 11.0 Å². The Labute approximate surface area is 96.4 Å². The summed E-state index contributed by atoms with van der Waals surface area (Å²) in [5.74, 6) is 1.33. The number of hydrogen-bond donors (Lipinski definition) is 1. The zero-order chi connectivity index (χ0) is 11.9.